The lowest BCUT2D eigenvalue weighted by Gasteiger charge is -2.23. The molecule has 20 heavy (non-hydrogen) atoms. The standard InChI is InChI=1S/C15H25N3OS/c16-12-6-4-5-11(9-12)15-17-14(18-19-15)10-20-13-7-2-1-3-8-13/h11-13H,1-10,16H2. The van der Waals surface area contributed by atoms with Crippen LogP contribution in [-0.4, -0.2) is 21.4 Å². The second-order valence-electron chi connectivity index (χ2n) is 6.24. The molecule has 2 unspecified atom stereocenters. The molecule has 3 rings (SSSR count). The molecule has 0 bridgehead atoms. The van der Waals surface area contributed by atoms with E-state index in [4.69, 9.17) is 10.3 Å². The van der Waals surface area contributed by atoms with Crippen molar-refractivity contribution >= 4 is 11.8 Å². The SMILES string of the molecule is NC1CCCC(c2nc(CSC3CCCCC3)no2)C1. The molecule has 1 aromatic rings. The third-order valence-corrected chi connectivity index (χ3v) is 5.92. The van der Waals surface area contributed by atoms with Crippen LogP contribution in [-0.2, 0) is 5.75 Å². The zero-order valence-electron chi connectivity index (χ0n) is 12.1. The highest BCUT2D eigenvalue weighted by atomic mass is 32.2. The van der Waals surface area contributed by atoms with Gasteiger partial charge in [-0.05, 0) is 32.1 Å². The van der Waals surface area contributed by atoms with Crippen LogP contribution in [0.3, 0.4) is 0 Å². The molecule has 0 saturated heterocycles. The molecule has 0 radical (unpaired) electrons. The van der Waals surface area contributed by atoms with E-state index in [1.807, 2.05) is 11.8 Å². The molecular formula is C15H25N3OS. The summed E-state index contributed by atoms with van der Waals surface area (Å²) in [7, 11) is 0. The lowest BCUT2D eigenvalue weighted by molar-refractivity contribution is 0.297. The average molecular weight is 295 g/mol. The summed E-state index contributed by atoms with van der Waals surface area (Å²) in [6.07, 6.45) is 11.3. The van der Waals surface area contributed by atoms with Crippen LogP contribution in [0.4, 0.5) is 0 Å². The van der Waals surface area contributed by atoms with E-state index in [1.165, 1.54) is 38.5 Å². The van der Waals surface area contributed by atoms with Gasteiger partial charge >= 0.3 is 0 Å². The van der Waals surface area contributed by atoms with Crippen molar-refractivity contribution in [2.24, 2.45) is 5.73 Å². The average Bonchev–Trinajstić information content (AvgIpc) is 2.95. The smallest absolute Gasteiger partial charge is 0.229 e. The molecule has 5 heteroatoms. The molecule has 2 fully saturated rings. The van der Waals surface area contributed by atoms with Crippen LogP contribution in [0, 0.1) is 0 Å². The van der Waals surface area contributed by atoms with Crippen molar-refractivity contribution in [3.63, 3.8) is 0 Å². The molecule has 4 nitrogen and oxygen atoms in total. The first-order chi connectivity index (χ1) is 9.81. The van der Waals surface area contributed by atoms with Gasteiger partial charge in [0.15, 0.2) is 5.82 Å². The fourth-order valence-corrected chi connectivity index (χ4v) is 4.54. The second kappa shape index (κ2) is 6.94. The Morgan fingerprint density at radius 3 is 2.75 bits per heavy atom. The van der Waals surface area contributed by atoms with E-state index in [2.05, 4.69) is 10.1 Å². The van der Waals surface area contributed by atoms with Crippen molar-refractivity contribution < 1.29 is 4.52 Å². The lowest BCUT2D eigenvalue weighted by Crippen LogP contribution is -2.26. The predicted molar refractivity (Wildman–Crippen MR) is 81.7 cm³/mol. The quantitative estimate of drug-likeness (QED) is 0.919. The van der Waals surface area contributed by atoms with Gasteiger partial charge < -0.3 is 10.3 Å². The molecule has 1 aromatic heterocycles. The minimum absolute atomic E-state index is 0.306. The Morgan fingerprint density at radius 2 is 1.95 bits per heavy atom. The first-order valence-electron chi connectivity index (χ1n) is 8.01. The Hall–Kier alpha value is -0.550. The summed E-state index contributed by atoms with van der Waals surface area (Å²) >= 11 is 2.00. The molecule has 0 aromatic carbocycles. The zero-order valence-corrected chi connectivity index (χ0v) is 12.9. The largest absolute Gasteiger partial charge is 0.339 e. The summed E-state index contributed by atoms with van der Waals surface area (Å²) in [6, 6.07) is 0.306. The summed E-state index contributed by atoms with van der Waals surface area (Å²) in [5, 5.41) is 4.95. The van der Waals surface area contributed by atoms with E-state index >= 15 is 0 Å². The van der Waals surface area contributed by atoms with Crippen LogP contribution in [0.2, 0.25) is 0 Å². The maximum absolute atomic E-state index is 6.03. The summed E-state index contributed by atoms with van der Waals surface area (Å²) < 4.78 is 5.46. The molecule has 1 heterocycles. The van der Waals surface area contributed by atoms with Crippen molar-refractivity contribution in [1.82, 2.24) is 10.1 Å². The van der Waals surface area contributed by atoms with Crippen molar-refractivity contribution in [3.05, 3.63) is 11.7 Å². The number of thioether (sulfide) groups is 1. The van der Waals surface area contributed by atoms with Crippen LogP contribution in [0.25, 0.3) is 0 Å². The first-order valence-corrected chi connectivity index (χ1v) is 9.06. The van der Waals surface area contributed by atoms with E-state index in [0.29, 0.717) is 12.0 Å². The number of rotatable bonds is 4. The third-order valence-electron chi connectivity index (χ3n) is 4.55. The molecule has 2 saturated carbocycles. The highest BCUT2D eigenvalue weighted by Gasteiger charge is 2.25. The molecule has 2 aliphatic carbocycles. The summed E-state index contributed by atoms with van der Waals surface area (Å²) in [6.45, 7) is 0. The molecule has 2 atom stereocenters. The highest BCUT2D eigenvalue weighted by Crippen LogP contribution is 2.33. The van der Waals surface area contributed by atoms with E-state index in [9.17, 15) is 0 Å². The Kier molecular flexibility index (Phi) is 4.99. The van der Waals surface area contributed by atoms with Gasteiger partial charge in [-0.3, -0.25) is 0 Å². The van der Waals surface area contributed by atoms with Gasteiger partial charge in [-0.1, -0.05) is 30.8 Å². The Balaban J connectivity index is 1.51. The van der Waals surface area contributed by atoms with Gasteiger partial charge in [0, 0.05) is 17.2 Å². The highest BCUT2D eigenvalue weighted by molar-refractivity contribution is 7.99. The minimum atomic E-state index is 0.306. The fraction of sp³-hybridized carbons (Fsp3) is 0.867. The Morgan fingerprint density at radius 1 is 1.10 bits per heavy atom. The van der Waals surface area contributed by atoms with Crippen molar-refractivity contribution in [2.45, 2.75) is 80.7 Å². The molecule has 2 N–H and O–H groups in total. The maximum atomic E-state index is 6.03. The first kappa shape index (κ1) is 14.4. The fourth-order valence-electron chi connectivity index (χ4n) is 3.37. The summed E-state index contributed by atoms with van der Waals surface area (Å²) in [5.74, 6) is 2.97. The number of aromatic nitrogens is 2. The van der Waals surface area contributed by atoms with Gasteiger partial charge in [-0.25, -0.2) is 0 Å². The third kappa shape index (κ3) is 3.76. The normalized spacial score (nSPS) is 28.6. The van der Waals surface area contributed by atoms with Gasteiger partial charge in [-0.15, -0.1) is 0 Å². The molecule has 0 amide bonds. The number of hydrogen-bond acceptors (Lipinski definition) is 5. The molecule has 112 valence electrons. The number of nitrogens with two attached hydrogens (primary N) is 1. The van der Waals surface area contributed by atoms with Gasteiger partial charge in [0.1, 0.15) is 0 Å². The van der Waals surface area contributed by atoms with Gasteiger partial charge in [-0.2, -0.15) is 16.7 Å². The Bertz CT molecular complexity index is 417. The summed E-state index contributed by atoms with van der Waals surface area (Å²) in [5.41, 5.74) is 6.03. The molecule has 0 aliphatic heterocycles. The topological polar surface area (TPSA) is 64.9 Å². The lowest BCUT2D eigenvalue weighted by atomic mass is 9.86. The molecule has 2 aliphatic rings. The van der Waals surface area contributed by atoms with E-state index in [-0.39, 0.29) is 0 Å². The number of hydrogen-bond donors (Lipinski definition) is 1. The van der Waals surface area contributed by atoms with Crippen LogP contribution < -0.4 is 5.73 Å². The second-order valence-corrected chi connectivity index (χ2v) is 7.53. The van der Waals surface area contributed by atoms with Crippen molar-refractivity contribution in [3.8, 4) is 0 Å². The zero-order chi connectivity index (χ0) is 13.8. The van der Waals surface area contributed by atoms with Gasteiger partial charge in [0.2, 0.25) is 5.89 Å². The van der Waals surface area contributed by atoms with Crippen LogP contribution in [0.5, 0.6) is 0 Å². The monoisotopic (exact) mass is 295 g/mol. The minimum Gasteiger partial charge on any atom is -0.339 e. The van der Waals surface area contributed by atoms with E-state index in [0.717, 1.165) is 42.0 Å². The van der Waals surface area contributed by atoms with Crippen molar-refractivity contribution in [2.75, 3.05) is 0 Å². The van der Waals surface area contributed by atoms with Crippen molar-refractivity contribution in [1.29, 1.82) is 0 Å². The van der Waals surface area contributed by atoms with Crippen LogP contribution in [0.1, 0.15) is 75.4 Å². The summed E-state index contributed by atoms with van der Waals surface area (Å²) in [4.78, 5) is 4.60. The van der Waals surface area contributed by atoms with E-state index in [1.54, 1.807) is 0 Å². The molecule has 0 spiro atoms. The van der Waals surface area contributed by atoms with Gasteiger partial charge in [0.05, 0.1) is 5.75 Å². The van der Waals surface area contributed by atoms with Crippen LogP contribution in [0.15, 0.2) is 4.52 Å². The Labute approximate surface area is 125 Å². The molecular weight excluding hydrogens is 270 g/mol. The maximum Gasteiger partial charge on any atom is 0.229 e. The number of nitrogens with zero attached hydrogens (tertiary/aromatic N) is 2. The van der Waals surface area contributed by atoms with E-state index < -0.39 is 0 Å². The van der Waals surface area contributed by atoms with Gasteiger partial charge in [0.25, 0.3) is 0 Å². The predicted octanol–water partition coefficient (Wildman–Crippen LogP) is 3.62. The van der Waals surface area contributed by atoms with Crippen LogP contribution >= 0.6 is 11.8 Å².